The van der Waals surface area contributed by atoms with Crippen molar-refractivity contribution >= 4 is 17.7 Å². The fourth-order valence-electron chi connectivity index (χ4n) is 2.31. The highest BCUT2D eigenvalue weighted by molar-refractivity contribution is 7.99. The molecule has 8 heteroatoms. The molecule has 0 aromatic carbocycles. The molecule has 3 rings (SSSR count). The minimum Gasteiger partial charge on any atom is -0.481 e. The zero-order valence-corrected chi connectivity index (χ0v) is 12.5. The maximum absolute atomic E-state index is 10.8. The van der Waals surface area contributed by atoms with Crippen LogP contribution in [0.2, 0.25) is 0 Å². The molecule has 0 aliphatic heterocycles. The maximum atomic E-state index is 10.8. The average Bonchev–Trinajstić information content (AvgIpc) is 2.99. The van der Waals surface area contributed by atoms with Crippen molar-refractivity contribution in [2.75, 3.05) is 5.75 Å². The molecule has 1 unspecified atom stereocenters. The number of aromatic nitrogens is 5. The van der Waals surface area contributed by atoms with Crippen LogP contribution in [0, 0.1) is 0 Å². The number of carboxylic acid groups (broad SMARTS) is 1. The number of carbonyl (C=O) groups is 1. The Morgan fingerprint density at radius 2 is 2.33 bits per heavy atom. The quantitative estimate of drug-likeness (QED) is 0.785. The number of carboxylic acids is 1. The Bertz CT molecular complexity index is 621. The summed E-state index contributed by atoms with van der Waals surface area (Å²) in [6.07, 6.45) is 5.94. The Hall–Kier alpha value is -1.83. The predicted molar refractivity (Wildman–Crippen MR) is 77.3 cm³/mol. The monoisotopic (exact) mass is 307 g/mol. The van der Waals surface area contributed by atoms with E-state index in [2.05, 4.69) is 26.8 Å². The molecule has 21 heavy (non-hydrogen) atoms. The third-order valence-electron chi connectivity index (χ3n) is 3.41. The van der Waals surface area contributed by atoms with Gasteiger partial charge in [-0.1, -0.05) is 11.8 Å². The van der Waals surface area contributed by atoms with E-state index in [9.17, 15) is 4.79 Å². The molecule has 0 amide bonds. The van der Waals surface area contributed by atoms with Gasteiger partial charge in [0.2, 0.25) is 0 Å². The van der Waals surface area contributed by atoms with Crippen LogP contribution in [0.4, 0.5) is 0 Å². The van der Waals surface area contributed by atoms with Crippen molar-refractivity contribution in [3.05, 3.63) is 24.3 Å². The number of hydrogen-bond acceptors (Lipinski definition) is 5. The Balaban J connectivity index is 1.82. The summed E-state index contributed by atoms with van der Waals surface area (Å²) in [6, 6.07) is 2.02. The van der Waals surface area contributed by atoms with E-state index in [4.69, 9.17) is 5.11 Å². The first-order valence-electron chi connectivity index (χ1n) is 6.92. The Morgan fingerprint density at radius 1 is 1.52 bits per heavy atom. The molecule has 0 spiro atoms. The number of aliphatic carboxylic acids is 1. The van der Waals surface area contributed by atoms with E-state index in [1.807, 2.05) is 16.9 Å². The zero-order valence-electron chi connectivity index (χ0n) is 11.7. The van der Waals surface area contributed by atoms with Crippen LogP contribution in [0.3, 0.4) is 0 Å². The largest absolute Gasteiger partial charge is 0.481 e. The molecule has 1 fully saturated rings. The van der Waals surface area contributed by atoms with E-state index in [0.717, 1.165) is 18.7 Å². The van der Waals surface area contributed by atoms with Crippen LogP contribution in [0.25, 0.3) is 0 Å². The molecular weight excluding hydrogens is 290 g/mol. The molecule has 1 aliphatic carbocycles. The Labute approximate surface area is 126 Å². The van der Waals surface area contributed by atoms with E-state index in [-0.39, 0.29) is 11.8 Å². The second-order valence-corrected chi connectivity index (χ2v) is 6.19. The fourth-order valence-corrected chi connectivity index (χ4v) is 3.07. The molecule has 1 aliphatic rings. The van der Waals surface area contributed by atoms with Crippen molar-refractivity contribution in [1.29, 1.82) is 0 Å². The van der Waals surface area contributed by atoms with Gasteiger partial charge >= 0.3 is 5.97 Å². The molecule has 2 heterocycles. The lowest BCUT2D eigenvalue weighted by Gasteiger charge is -2.17. The lowest BCUT2D eigenvalue weighted by Crippen LogP contribution is -2.17. The molecular formula is C13H17N5O2S. The van der Waals surface area contributed by atoms with Crippen LogP contribution < -0.4 is 0 Å². The van der Waals surface area contributed by atoms with Crippen molar-refractivity contribution in [1.82, 2.24) is 24.5 Å². The molecule has 1 saturated carbocycles. The van der Waals surface area contributed by atoms with E-state index in [1.54, 1.807) is 6.20 Å². The maximum Gasteiger partial charge on any atom is 0.313 e. The van der Waals surface area contributed by atoms with Crippen molar-refractivity contribution < 1.29 is 9.90 Å². The van der Waals surface area contributed by atoms with Gasteiger partial charge in [0.1, 0.15) is 5.82 Å². The summed E-state index contributed by atoms with van der Waals surface area (Å²) in [5.41, 5.74) is 0. The van der Waals surface area contributed by atoms with Crippen LogP contribution in [-0.4, -0.2) is 41.4 Å². The van der Waals surface area contributed by atoms with Gasteiger partial charge in [-0.2, -0.15) is 5.10 Å². The zero-order chi connectivity index (χ0) is 14.8. The molecule has 2 aromatic heterocycles. The smallest absolute Gasteiger partial charge is 0.313 e. The molecule has 112 valence electrons. The molecule has 1 N–H and O–H groups in total. The topological polar surface area (TPSA) is 85.8 Å². The van der Waals surface area contributed by atoms with Gasteiger partial charge in [0.15, 0.2) is 5.16 Å². The lowest BCUT2D eigenvalue weighted by molar-refractivity contribution is -0.133. The standard InChI is InChI=1S/C13H17N5O2S/c1-9(7-17-6-2-5-14-17)18-12(10-3-4-10)15-16-13(18)21-8-11(19)20/h2,5-6,9-10H,3-4,7-8H2,1H3,(H,19,20). The first-order valence-corrected chi connectivity index (χ1v) is 7.90. The highest BCUT2D eigenvalue weighted by Crippen LogP contribution is 2.41. The van der Waals surface area contributed by atoms with E-state index < -0.39 is 5.97 Å². The minimum absolute atomic E-state index is 0.00269. The Morgan fingerprint density at radius 3 is 2.95 bits per heavy atom. The second kappa shape index (κ2) is 5.88. The summed E-state index contributed by atoms with van der Waals surface area (Å²) >= 11 is 1.22. The first kappa shape index (κ1) is 14.1. The molecule has 2 aromatic rings. The highest BCUT2D eigenvalue weighted by Gasteiger charge is 2.32. The first-order chi connectivity index (χ1) is 10.1. The summed E-state index contributed by atoms with van der Waals surface area (Å²) < 4.78 is 3.94. The van der Waals surface area contributed by atoms with Gasteiger partial charge in [-0.05, 0) is 25.8 Å². The average molecular weight is 307 g/mol. The van der Waals surface area contributed by atoms with Gasteiger partial charge in [-0.15, -0.1) is 10.2 Å². The van der Waals surface area contributed by atoms with Crippen molar-refractivity contribution in [2.24, 2.45) is 0 Å². The van der Waals surface area contributed by atoms with Gasteiger partial charge in [0.05, 0.1) is 18.3 Å². The Kier molecular flexibility index (Phi) is 3.96. The molecule has 1 atom stereocenters. The number of hydrogen-bond donors (Lipinski definition) is 1. The van der Waals surface area contributed by atoms with Crippen LogP contribution in [-0.2, 0) is 11.3 Å². The van der Waals surface area contributed by atoms with Crippen molar-refractivity contribution in [3.8, 4) is 0 Å². The summed E-state index contributed by atoms with van der Waals surface area (Å²) in [5.74, 6) is 0.596. The fraction of sp³-hybridized carbons (Fsp3) is 0.538. The minimum atomic E-state index is -0.845. The molecule has 0 bridgehead atoms. The summed E-state index contributed by atoms with van der Waals surface area (Å²) in [6.45, 7) is 2.80. The van der Waals surface area contributed by atoms with Crippen LogP contribution >= 0.6 is 11.8 Å². The van der Waals surface area contributed by atoms with Gasteiger partial charge in [-0.3, -0.25) is 9.48 Å². The van der Waals surface area contributed by atoms with Crippen molar-refractivity contribution in [3.63, 3.8) is 0 Å². The van der Waals surface area contributed by atoms with Crippen LogP contribution in [0.15, 0.2) is 23.6 Å². The number of nitrogens with zero attached hydrogens (tertiary/aromatic N) is 5. The van der Waals surface area contributed by atoms with Crippen LogP contribution in [0.1, 0.15) is 37.5 Å². The van der Waals surface area contributed by atoms with Gasteiger partial charge in [0.25, 0.3) is 0 Å². The van der Waals surface area contributed by atoms with E-state index in [1.165, 1.54) is 11.8 Å². The number of thioether (sulfide) groups is 1. The summed E-state index contributed by atoms with van der Waals surface area (Å²) in [5, 5.41) is 22.2. The summed E-state index contributed by atoms with van der Waals surface area (Å²) in [7, 11) is 0. The van der Waals surface area contributed by atoms with E-state index in [0.29, 0.717) is 17.6 Å². The third-order valence-corrected chi connectivity index (χ3v) is 4.34. The predicted octanol–water partition coefficient (Wildman–Crippen LogP) is 1.79. The second-order valence-electron chi connectivity index (χ2n) is 5.24. The van der Waals surface area contributed by atoms with Gasteiger partial charge in [0, 0.05) is 18.3 Å². The lowest BCUT2D eigenvalue weighted by atomic mass is 10.3. The normalized spacial score (nSPS) is 16.0. The highest BCUT2D eigenvalue weighted by atomic mass is 32.2. The van der Waals surface area contributed by atoms with Gasteiger partial charge < -0.3 is 9.67 Å². The molecule has 7 nitrogen and oxygen atoms in total. The van der Waals surface area contributed by atoms with Gasteiger partial charge in [-0.25, -0.2) is 0 Å². The number of rotatable bonds is 7. The SMILES string of the molecule is CC(Cn1cccn1)n1c(SCC(=O)O)nnc1C1CC1. The van der Waals surface area contributed by atoms with Crippen molar-refractivity contribution in [2.45, 2.75) is 43.4 Å². The summed E-state index contributed by atoms with van der Waals surface area (Å²) in [4.78, 5) is 10.8. The molecule has 0 radical (unpaired) electrons. The molecule has 0 saturated heterocycles. The van der Waals surface area contributed by atoms with E-state index >= 15 is 0 Å². The third kappa shape index (κ3) is 3.26. The van der Waals surface area contributed by atoms with Crippen LogP contribution in [0.5, 0.6) is 0 Å².